The third kappa shape index (κ3) is 5.60. The molecule has 0 aliphatic heterocycles. The number of carbonyl (C=O) groups is 2. The van der Waals surface area contributed by atoms with Crippen molar-refractivity contribution in [2.24, 2.45) is 0 Å². The summed E-state index contributed by atoms with van der Waals surface area (Å²) < 4.78 is 77.2. The molecule has 10 heteroatoms. The Hall–Kier alpha value is -3.30. The molecule has 2 aromatic rings. The summed E-state index contributed by atoms with van der Waals surface area (Å²) >= 11 is 0. The highest BCUT2D eigenvalue weighted by atomic mass is 19.4. The molecule has 2 rings (SSSR count). The van der Waals surface area contributed by atoms with E-state index in [1.807, 2.05) is 5.32 Å². The molecule has 0 bridgehead atoms. The average Bonchev–Trinajstić information content (AvgIpc) is 2.65. The molecule has 0 saturated heterocycles. The summed E-state index contributed by atoms with van der Waals surface area (Å²) in [6.07, 6.45) is -2.52. The predicted octanol–water partition coefficient (Wildman–Crippen LogP) is 3.89. The topological polar surface area (TPSA) is 58.2 Å². The zero-order valence-corrected chi connectivity index (χ0v) is 13.9. The number of amides is 2. The number of benzene rings is 2. The van der Waals surface area contributed by atoms with Crippen molar-refractivity contribution in [3.05, 3.63) is 71.1 Å². The molecule has 0 spiro atoms. The zero-order chi connectivity index (χ0) is 20.9. The molecule has 28 heavy (non-hydrogen) atoms. The Balaban J connectivity index is 1.91. The molecule has 2 aromatic carbocycles. The maximum Gasteiger partial charge on any atom is 0.416 e. The maximum atomic E-state index is 13.4. The first-order valence-electron chi connectivity index (χ1n) is 7.64. The number of alkyl halides is 3. The maximum absolute atomic E-state index is 13.4. The second-order valence-electron chi connectivity index (χ2n) is 5.45. The van der Waals surface area contributed by atoms with Crippen LogP contribution in [-0.2, 0) is 15.8 Å². The van der Waals surface area contributed by atoms with E-state index in [4.69, 9.17) is 0 Å². The number of rotatable bonds is 5. The van der Waals surface area contributed by atoms with E-state index in [9.17, 15) is 35.9 Å². The predicted molar refractivity (Wildman–Crippen MR) is 88.4 cm³/mol. The second-order valence-corrected chi connectivity index (χ2v) is 5.45. The van der Waals surface area contributed by atoms with Gasteiger partial charge in [0.2, 0.25) is 11.8 Å². The van der Waals surface area contributed by atoms with Gasteiger partial charge >= 0.3 is 6.18 Å². The molecule has 0 heterocycles. The van der Waals surface area contributed by atoms with Gasteiger partial charge < -0.3 is 10.6 Å². The lowest BCUT2D eigenvalue weighted by Crippen LogP contribution is -2.32. The molecule has 0 unspecified atom stereocenters. The molecular formula is C18H12F6N2O2. The molecule has 0 aromatic heterocycles. The number of nitrogens with one attached hydrogen (secondary N) is 2. The monoisotopic (exact) mass is 402 g/mol. The van der Waals surface area contributed by atoms with Crippen molar-refractivity contribution in [3.8, 4) is 0 Å². The van der Waals surface area contributed by atoms with Gasteiger partial charge in [-0.2, -0.15) is 13.2 Å². The van der Waals surface area contributed by atoms with Gasteiger partial charge in [0.1, 0.15) is 0 Å². The molecule has 0 atom stereocenters. The van der Waals surface area contributed by atoms with Crippen LogP contribution in [0.2, 0.25) is 0 Å². The Labute approximate surface area is 154 Å². The second kappa shape index (κ2) is 8.59. The van der Waals surface area contributed by atoms with Gasteiger partial charge in [-0.3, -0.25) is 9.59 Å². The third-order valence-corrected chi connectivity index (χ3v) is 3.37. The SMILES string of the molecule is O=C(/C=C/c1cccc(C(F)(F)F)c1)NCC(=O)Nc1ccc(F)c(F)c1F. The van der Waals surface area contributed by atoms with E-state index in [0.29, 0.717) is 6.07 Å². The number of hydrogen-bond acceptors (Lipinski definition) is 2. The molecule has 148 valence electrons. The number of halogens is 6. The van der Waals surface area contributed by atoms with Crippen LogP contribution in [0.4, 0.5) is 32.0 Å². The molecule has 0 radical (unpaired) electrons. The van der Waals surface area contributed by atoms with Crippen LogP contribution >= 0.6 is 0 Å². The van der Waals surface area contributed by atoms with E-state index in [1.165, 1.54) is 12.1 Å². The minimum Gasteiger partial charge on any atom is -0.343 e. The zero-order valence-electron chi connectivity index (χ0n) is 13.9. The fraction of sp³-hybridized carbons (Fsp3) is 0.111. The summed E-state index contributed by atoms with van der Waals surface area (Å²) in [7, 11) is 0. The van der Waals surface area contributed by atoms with Gasteiger partial charge in [-0.1, -0.05) is 12.1 Å². The van der Waals surface area contributed by atoms with E-state index in [-0.39, 0.29) is 5.56 Å². The lowest BCUT2D eigenvalue weighted by Gasteiger charge is -2.08. The summed E-state index contributed by atoms with van der Waals surface area (Å²) in [5.74, 6) is -6.51. The fourth-order valence-electron chi connectivity index (χ4n) is 2.03. The summed E-state index contributed by atoms with van der Waals surface area (Å²) in [6.45, 7) is -0.635. The van der Waals surface area contributed by atoms with Crippen molar-refractivity contribution >= 4 is 23.6 Å². The molecule has 0 saturated carbocycles. The summed E-state index contributed by atoms with van der Waals surface area (Å²) in [5, 5.41) is 4.06. The van der Waals surface area contributed by atoms with Crippen molar-refractivity contribution < 1.29 is 35.9 Å². The van der Waals surface area contributed by atoms with Crippen LogP contribution in [0.5, 0.6) is 0 Å². The van der Waals surface area contributed by atoms with E-state index in [0.717, 1.165) is 30.4 Å². The Morgan fingerprint density at radius 1 is 1.00 bits per heavy atom. The molecule has 0 aliphatic rings. The van der Waals surface area contributed by atoms with Crippen molar-refractivity contribution in [3.63, 3.8) is 0 Å². The quantitative estimate of drug-likeness (QED) is 0.453. The highest BCUT2D eigenvalue weighted by Gasteiger charge is 2.30. The van der Waals surface area contributed by atoms with Gasteiger partial charge in [0.25, 0.3) is 0 Å². The van der Waals surface area contributed by atoms with Gasteiger partial charge in [0.15, 0.2) is 17.5 Å². The largest absolute Gasteiger partial charge is 0.416 e. The Kier molecular flexibility index (Phi) is 6.45. The summed E-state index contributed by atoms with van der Waals surface area (Å²) in [5.41, 5.74) is -1.39. The first-order valence-corrected chi connectivity index (χ1v) is 7.64. The van der Waals surface area contributed by atoms with Crippen LogP contribution in [0.1, 0.15) is 11.1 Å². The minimum atomic E-state index is -4.53. The van der Waals surface area contributed by atoms with Crippen molar-refractivity contribution in [1.82, 2.24) is 5.32 Å². The standard InChI is InChI=1S/C18H12F6N2O2/c19-12-5-6-13(17(21)16(12)20)26-15(28)9-25-14(27)7-4-10-2-1-3-11(8-10)18(22,23)24/h1-8H,9H2,(H,25,27)(H,26,28)/b7-4+. The average molecular weight is 402 g/mol. The lowest BCUT2D eigenvalue weighted by molar-refractivity contribution is -0.137. The Morgan fingerprint density at radius 3 is 2.39 bits per heavy atom. The Bertz CT molecular complexity index is 925. The van der Waals surface area contributed by atoms with Crippen LogP contribution in [0.3, 0.4) is 0 Å². The minimum absolute atomic E-state index is 0.110. The molecule has 2 N–H and O–H groups in total. The fourth-order valence-corrected chi connectivity index (χ4v) is 2.03. The molecule has 4 nitrogen and oxygen atoms in total. The molecule has 0 aliphatic carbocycles. The van der Waals surface area contributed by atoms with Crippen molar-refractivity contribution in [1.29, 1.82) is 0 Å². The number of hydrogen-bond donors (Lipinski definition) is 2. The van der Waals surface area contributed by atoms with Gasteiger partial charge in [0.05, 0.1) is 17.8 Å². The van der Waals surface area contributed by atoms with Gasteiger partial charge in [-0.05, 0) is 35.9 Å². The summed E-state index contributed by atoms with van der Waals surface area (Å²) in [4.78, 5) is 23.3. The van der Waals surface area contributed by atoms with Crippen molar-refractivity contribution in [2.45, 2.75) is 6.18 Å². The van der Waals surface area contributed by atoms with E-state index < -0.39 is 53.2 Å². The number of anilines is 1. The van der Waals surface area contributed by atoms with E-state index in [1.54, 1.807) is 0 Å². The molecule has 0 fully saturated rings. The van der Waals surface area contributed by atoms with E-state index >= 15 is 0 Å². The molecule has 2 amide bonds. The lowest BCUT2D eigenvalue weighted by atomic mass is 10.1. The van der Waals surface area contributed by atoms with Crippen LogP contribution in [0.15, 0.2) is 42.5 Å². The van der Waals surface area contributed by atoms with Gasteiger partial charge in [-0.25, -0.2) is 13.2 Å². The van der Waals surface area contributed by atoms with Crippen LogP contribution in [0, 0.1) is 17.5 Å². The van der Waals surface area contributed by atoms with Crippen LogP contribution < -0.4 is 10.6 Å². The first-order chi connectivity index (χ1) is 13.1. The highest BCUT2D eigenvalue weighted by molar-refractivity contribution is 5.98. The highest BCUT2D eigenvalue weighted by Crippen LogP contribution is 2.29. The Morgan fingerprint density at radius 2 is 1.71 bits per heavy atom. The molecular weight excluding hydrogens is 390 g/mol. The summed E-state index contributed by atoms with van der Waals surface area (Å²) in [6, 6.07) is 5.65. The smallest absolute Gasteiger partial charge is 0.343 e. The third-order valence-electron chi connectivity index (χ3n) is 3.37. The van der Waals surface area contributed by atoms with Gasteiger partial charge in [-0.15, -0.1) is 0 Å². The van der Waals surface area contributed by atoms with Crippen LogP contribution in [0.25, 0.3) is 6.08 Å². The van der Waals surface area contributed by atoms with Crippen LogP contribution in [-0.4, -0.2) is 18.4 Å². The van der Waals surface area contributed by atoms with Gasteiger partial charge in [0, 0.05) is 6.08 Å². The van der Waals surface area contributed by atoms with E-state index in [2.05, 4.69) is 5.32 Å². The first kappa shape index (κ1) is 21.0. The van der Waals surface area contributed by atoms with Crippen molar-refractivity contribution in [2.75, 3.05) is 11.9 Å². The normalized spacial score (nSPS) is 11.5. The number of carbonyl (C=O) groups excluding carboxylic acids is 2.